The van der Waals surface area contributed by atoms with E-state index in [0.29, 0.717) is 11.0 Å². The van der Waals surface area contributed by atoms with E-state index in [4.69, 9.17) is 0 Å². The first-order valence-corrected chi connectivity index (χ1v) is 22.7. The van der Waals surface area contributed by atoms with Crippen LogP contribution in [0.4, 0.5) is 0 Å². The van der Waals surface area contributed by atoms with Crippen molar-refractivity contribution in [2.45, 2.75) is 0 Å². The molecule has 0 unspecified atom stereocenters. The van der Waals surface area contributed by atoms with E-state index in [9.17, 15) is 15.3 Å². The Kier molecular flexibility index (Phi) is 10.0. The fourth-order valence-electron chi connectivity index (χ4n) is 9.99. The van der Waals surface area contributed by atoms with Gasteiger partial charge in [-0.2, -0.15) is 5.26 Å². The Morgan fingerprint density at radius 3 is 1.06 bits per heavy atom. The van der Waals surface area contributed by atoms with Crippen molar-refractivity contribution in [1.29, 1.82) is 5.26 Å². The van der Waals surface area contributed by atoms with Crippen molar-refractivity contribution in [1.82, 2.24) is 13.7 Å². The molecule has 6 nitrogen and oxygen atoms in total. The lowest BCUT2D eigenvalue weighted by Crippen LogP contribution is -2.29. The van der Waals surface area contributed by atoms with Crippen molar-refractivity contribution >= 4 is 78.0 Å². The van der Waals surface area contributed by atoms with Gasteiger partial charge in [0.05, 0.1) is 44.7 Å². The summed E-state index contributed by atoms with van der Waals surface area (Å²) in [5.74, 6) is 0. The molecule has 0 atom stereocenters. The van der Waals surface area contributed by atoms with E-state index in [1.165, 1.54) is 49.2 Å². The molecule has 13 aromatic rings. The Balaban J connectivity index is 0.000000307. The highest BCUT2D eigenvalue weighted by atomic mass is 16.4. The van der Waals surface area contributed by atoms with E-state index in [0.717, 1.165) is 55.5 Å². The van der Waals surface area contributed by atoms with Crippen LogP contribution in [-0.2, 0) is 0 Å². The first-order chi connectivity index (χ1) is 33.5. The number of para-hydroxylation sites is 5. The van der Waals surface area contributed by atoms with Gasteiger partial charge in [0.25, 0.3) is 0 Å². The normalized spacial score (nSPS) is 11.4. The van der Waals surface area contributed by atoms with Gasteiger partial charge in [0.15, 0.2) is 0 Å². The minimum absolute atomic E-state index is 0. The van der Waals surface area contributed by atoms with Crippen LogP contribution in [0.25, 0.3) is 105 Å². The van der Waals surface area contributed by atoms with Crippen molar-refractivity contribution in [3.8, 4) is 45.4 Å². The van der Waals surface area contributed by atoms with E-state index >= 15 is 0 Å². The van der Waals surface area contributed by atoms with Crippen molar-refractivity contribution in [2.75, 3.05) is 0 Å². The molecule has 0 spiro atoms. The van der Waals surface area contributed by atoms with Gasteiger partial charge in [-0.15, -0.1) is 0 Å². The Labute approximate surface area is 403 Å². The SMILES string of the molecule is N#Cc1ccc(-c2ccc3c(c2)c2cc(-c4ccc5c(c4)c4ccccc4n5-c4ccccc4)ccc2n3-c2ccccc2)cc1.OB(O)c1ccc2c(c1)c1ccccc1n2-c1ccccc1.[HH].[HH].[HH].[HH].[HH].[HH].[HH]. The van der Waals surface area contributed by atoms with Crippen LogP contribution in [0.5, 0.6) is 0 Å². The number of aromatic nitrogens is 3. The molecule has 0 aliphatic rings. The van der Waals surface area contributed by atoms with Crippen LogP contribution in [0, 0.1) is 11.3 Å². The van der Waals surface area contributed by atoms with E-state index in [-0.39, 0.29) is 9.99 Å². The maximum atomic E-state index is 9.43. The van der Waals surface area contributed by atoms with Crippen LogP contribution < -0.4 is 5.46 Å². The number of fused-ring (bicyclic) bond motifs is 9. The highest BCUT2D eigenvalue weighted by Crippen LogP contribution is 2.40. The van der Waals surface area contributed by atoms with Crippen molar-refractivity contribution in [3.05, 3.63) is 242 Å². The van der Waals surface area contributed by atoms with Gasteiger partial charge >= 0.3 is 7.12 Å². The molecule has 0 fully saturated rings. The molecule has 0 radical (unpaired) electrons. The first kappa shape index (κ1) is 40.6. The maximum absolute atomic E-state index is 9.43. The minimum atomic E-state index is -1.46. The molecule has 7 heteroatoms. The van der Waals surface area contributed by atoms with Gasteiger partial charge in [0.1, 0.15) is 0 Å². The zero-order chi connectivity index (χ0) is 45.7. The molecule has 10 aromatic carbocycles. The van der Waals surface area contributed by atoms with Crippen molar-refractivity contribution in [2.24, 2.45) is 0 Å². The number of nitriles is 1. The van der Waals surface area contributed by atoms with Crippen LogP contribution in [0.1, 0.15) is 15.5 Å². The van der Waals surface area contributed by atoms with Gasteiger partial charge in [0.2, 0.25) is 0 Å². The zero-order valence-corrected chi connectivity index (χ0v) is 36.8. The second-order valence-corrected chi connectivity index (χ2v) is 17.1. The first-order valence-electron chi connectivity index (χ1n) is 22.7. The molecule has 2 N–H and O–H groups in total. The quantitative estimate of drug-likeness (QED) is 0.163. The van der Waals surface area contributed by atoms with E-state index in [1.807, 2.05) is 66.7 Å². The summed E-state index contributed by atoms with van der Waals surface area (Å²) in [6.45, 7) is 0. The topological polar surface area (TPSA) is 79.0 Å². The number of hydrogen-bond donors (Lipinski definition) is 2. The van der Waals surface area contributed by atoms with Crippen molar-refractivity contribution < 1.29 is 20.0 Å². The molecule has 0 bridgehead atoms. The highest BCUT2D eigenvalue weighted by Gasteiger charge is 2.19. The number of benzene rings is 10. The summed E-state index contributed by atoms with van der Waals surface area (Å²) in [5, 5.41) is 35.2. The average Bonchev–Trinajstić information content (AvgIpc) is 4.04. The predicted molar refractivity (Wildman–Crippen MR) is 296 cm³/mol. The molecule has 3 aromatic heterocycles. The molecule has 0 aliphatic carbocycles. The van der Waals surface area contributed by atoms with E-state index in [2.05, 4.69) is 184 Å². The summed E-state index contributed by atoms with van der Waals surface area (Å²) in [6.07, 6.45) is 0. The summed E-state index contributed by atoms with van der Waals surface area (Å²) in [5.41, 5.74) is 16.0. The van der Waals surface area contributed by atoms with Gasteiger partial charge in [0, 0.05) is 59.4 Å². The smallest absolute Gasteiger partial charge is 0.423 e. The Morgan fingerprint density at radius 2 is 0.647 bits per heavy atom. The molecule has 334 valence electrons. The third-order valence-electron chi connectivity index (χ3n) is 13.2. The number of hydrogen-bond acceptors (Lipinski definition) is 3. The number of nitrogens with zero attached hydrogens (tertiary/aromatic N) is 4. The molecular formula is C61H55BN4O2. The zero-order valence-electron chi connectivity index (χ0n) is 36.8. The molecule has 0 saturated heterocycles. The fourth-order valence-corrected chi connectivity index (χ4v) is 9.99. The van der Waals surface area contributed by atoms with Gasteiger partial charge in [-0.1, -0.05) is 133 Å². The molecule has 68 heavy (non-hydrogen) atoms. The largest absolute Gasteiger partial charge is 0.488 e. The lowest BCUT2D eigenvalue weighted by atomic mass is 9.80. The standard InChI is InChI=1S/C43H27N3.C18H14BNO2.7H2/c44-28-29-15-17-30(18-16-29)31-19-22-42-38(25-31)39-27-33(21-24-43(39)46(42)35-11-5-2-6-12-35)32-20-23-41-37(26-32)36-13-7-8-14-40(36)45(41)34-9-3-1-4-10-34;21-19(22)13-10-11-18-16(12-13)15-8-4-5-9-17(15)20(18)14-6-2-1-3-7-14;;;;;;;/h1-27H;1-12,21-22H;7*1H. The number of rotatable bonds is 6. The van der Waals surface area contributed by atoms with Gasteiger partial charge in [-0.05, 0) is 131 Å². The monoisotopic (exact) mass is 886 g/mol. The molecule has 0 aliphatic heterocycles. The summed E-state index contributed by atoms with van der Waals surface area (Å²) < 4.78 is 6.90. The molecule has 3 heterocycles. The highest BCUT2D eigenvalue weighted by molar-refractivity contribution is 6.59. The van der Waals surface area contributed by atoms with E-state index in [1.54, 1.807) is 6.07 Å². The summed E-state index contributed by atoms with van der Waals surface area (Å²) >= 11 is 0. The summed E-state index contributed by atoms with van der Waals surface area (Å²) in [4.78, 5) is 0. The third-order valence-corrected chi connectivity index (χ3v) is 13.2. The van der Waals surface area contributed by atoms with Crippen LogP contribution in [-0.4, -0.2) is 30.9 Å². The Morgan fingerprint density at radius 1 is 0.324 bits per heavy atom. The Bertz CT molecular complexity index is 4090. The van der Waals surface area contributed by atoms with Crippen LogP contribution in [0.3, 0.4) is 0 Å². The maximum Gasteiger partial charge on any atom is 0.488 e. The average molecular weight is 887 g/mol. The van der Waals surface area contributed by atoms with Crippen LogP contribution in [0.2, 0.25) is 0 Å². The fraction of sp³-hybridized carbons (Fsp3) is 0. The summed E-state index contributed by atoms with van der Waals surface area (Å²) in [7, 11) is -1.46. The van der Waals surface area contributed by atoms with Gasteiger partial charge in [-0.25, -0.2) is 0 Å². The van der Waals surface area contributed by atoms with Crippen LogP contribution in [0.15, 0.2) is 237 Å². The second-order valence-electron chi connectivity index (χ2n) is 17.1. The lowest BCUT2D eigenvalue weighted by molar-refractivity contribution is 0.426. The van der Waals surface area contributed by atoms with Crippen molar-refractivity contribution in [3.63, 3.8) is 0 Å². The lowest BCUT2D eigenvalue weighted by Gasteiger charge is -2.09. The predicted octanol–water partition coefficient (Wildman–Crippen LogP) is 15.3. The Hall–Kier alpha value is -8.93. The van der Waals surface area contributed by atoms with Crippen LogP contribution >= 0.6 is 0 Å². The third kappa shape index (κ3) is 6.92. The summed E-state index contributed by atoms with van der Waals surface area (Å²) in [6, 6.07) is 84.2. The molecular weight excluding hydrogens is 832 g/mol. The molecule has 13 rings (SSSR count). The molecule has 0 saturated carbocycles. The molecule has 0 amide bonds. The minimum Gasteiger partial charge on any atom is -0.423 e. The van der Waals surface area contributed by atoms with Gasteiger partial charge in [-0.3, -0.25) is 0 Å². The second kappa shape index (κ2) is 16.8. The van der Waals surface area contributed by atoms with Gasteiger partial charge < -0.3 is 23.7 Å². The van der Waals surface area contributed by atoms with E-state index < -0.39 is 7.12 Å².